The highest BCUT2D eigenvalue weighted by atomic mass is 35.5. The topological polar surface area (TPSA) is 66.2 Å². The van der Waals surface area contributed by atoms with Crippen molar-refractivity contribution < 1.29 is 40.6 Å². The van der Waals surface area contributed by atoms with E-state index in [4.69, 9.17) is 16.3 Å². The lowest BCUT2D eigenvalue weighted by Crippen LogP contribution is -2.19. The number of hydrogen-bond acceptors (Lipinski definition) is 6. The van der Waals surface area contributed by atoms with Gasteiger partial charge in [-0.25, -0.2) is 0 Å². The van der Waals surface area contributed by atoms with E-state index in [1.165, 1.54) is 36.4 Å². The summed E-state index contributed by atoms with van der Waals surface area (Å²) in [4.78, 5) is 12.4. The molecule has 36 heavy (non-hydrogen) atoms. The molecule has 0 fully saturated rings. The molecule has 4 rings (SSSR count). The molecule has 0 radical (unpaired) electrons. The van der Waals surface area contributed by atoms with Gasteiger partial charge >= 0.3 is 18.5 Å². The highest BCUT2D eigenvalue weighted by Gasteiger charge is 2.44. The Kier molecular flexibility index (Phi) is 7.15. The number of nitrogens with zero attached hydrogens (tertiary/aromatic N) is 3. The Morgan fingerprint density at radius 1 is 1.08 bits per heavy atom. The first-order valence-electron chi connectivity index (χ1n) is 10.4. The van der Waals surface area contributed by atoms with Gasteiger partial charge in [0.15, 0.2) is 5.82 Å². The van der Waals surface area contributed by atoms with Crippen molar-refractivity contribution in [3.63, 3.8) is 0 Å². The van der Waals surface area contributed by atoms with Crippen molar-refractivity contribution in [2.24, 2.45) is 0 Å². The van der Waals surface area contributed by atoms with E-state index in [0.29, 0.717) is 0 Å². The predicted molar refractivity (Wildman–Crippen MR) is 118 cm³/mol. The van der Waals surface area contributed by atoms with Crippen LogP contribution in [0.3, 0.4) is 0 Å². The molecule has 2 unspecified atom stereocenters. The number of hydrogen-bond donors (Lipinski definition) is 0. The maximum absolute atomic E-state index is 13.9. The van der Waals surface area contributed by atoms with E-state index >= 15 is 0 Å². The number of aromatic nitrogens is 3. The molecule has 0 spiro atoms. The minimum atomic E-state index is -5.02. The number of benzene rings is 2. The number of carbonyl (C=O) groups excluding carboxylic acids is 1. The Hall–Kier alpha value is -2.93. The number of para-hydroxylation sites is 1. The first-order valence-corrected chi connectivity index (χ1v) is 11.7. The second kappa shape index (κ2) is 9.85. The monoisotopic (exact) mass is 551 g/mol. The fraction of sp³-hybridized carbons (Fsp3) is 0.318. The largest absolute Gasteiger partial charge is 0.573 e. The van der Waals surface area contributed by atoms with Crippen LogP contribution in [0.15, 0.2) is 42.5 Å². The van der Waals surface area contributed by atoms with Crippen molar-refractivity contribution in [3.05, 3.63) is 70.3 Å². The molecule has 0 amide bonds. The summed E-state index contributed by atoms with van der Waals surface area (Å²) in [5, 5.41) is 5.09. The summed E-state index contributed by atoms with van der Waals surface area (Å²) in [6, 6.07) is 9.26. The summed E-state index contributed by atoms with van der Waals surface area (Å²) < 4.78 is 91.1. The average molecular weight is 552 g/mol. The summed E-state index contributed by atoms with van der Waals surface area (Å²) >= 11 is 7.08. The zero-order chi connectivity index (χ0) is 26.3. The van der Waals surface area contributed by atoms with Crippen LogP contribution in [0.2, 0.25) is 5.02 Å². The number of halogens is 7. The molecule has 2 aromatic carbocycles. The molecule has 0 saturated heterocycles. The molecular formula is C22H16ClF6N3O3S. The molecule has 14 heteroatoms. The van der Waals surface area contributed by atoms with Crippen molar-refractivity contribution in [2.45, 2.75) is 36.4 Å². The van der Waals surface area contributed by atoms with Gasteiger partial charge in [0, 0.05) is 10.6 Å². The van der Waals surface area contributed by atoms with E-state index in [1.807, 2.05) is 0 Å². The molecule has 1 aromatic heterocycles. The lowest BCUT2D eigenvalue weighted by Gasteiger charge is -2.23. The minimum absolute atomic E-state index is 0.0180. The second-order valence-electron chi connectivity index (χ2n) is 7.52. The quantitative estimate of drug-likeness (QED) is 0.261. The third-order valence-corrected chi connectivity index (χ3v) is 6.85. The highest BCUT2D eigenvalue weighted by molar-refractivity contribution is 8.00. The summed E-state index contributed by atoms with van der Waals surface area (Å²) in [5.41, 5.74) is 0.130. The minimum Gasteiger partial charge on any atom is -0.466 e. The third kappa shape index (κ3) is 5.41. The second-order valence-corrected chi connectivity index (χ2v) is 9.27. The van der Waals surface area contributed by atoms with Crippen molar-refractivity contribution >= 4 is 29.3 Å². The maximum atomic E-state index is 13.9. The molecule has 0 bridgehead atoms. The van der Waals surface area contributed by atoms with Gasteiger partial charge in [-0.3, -0.25) is 9.36 Å². The van der Waals surface area contributed by atoms with Crippen LogP contribution < -0.4 is 4.74 Å². The fourth-order valence-electron chi connectivity index (χ4n) is 3.83. The van der Waals surface area contributed by atoms with Gasteiger partial charge in [-0.1, -0.05) is 29.8 Å². The zero-order valence-electron chi connectivity index (χ0n) is 18.2. The predicted octanol–water partition coefficient (Wildman–Crippen LogP) is 6.67. The Morgan fingerprint density at radius 3 is 2.47 bits per heavy atom. The van der Waals surface area contributed by atoms with E-state index in [9.17, 15) is 31.1 Å². The molecule has 2 atom stereocenters. The number of rotatable bonds is 5. The van der Waals surface area contributed by atoms with Gasteiger partial charge in [0.1, 0.15) is 5.75 Å². The lowest BCUT2D eigenvalue weighted by molar-refractivity contribution is -0.274. The molecule has 1 aliphatic heterocycles. The van der Waals surface area contributed by atoms with Crippen LogP contribution in [0, 0.1) is 0 Å². The third-order valence-electron chi connectivity index (χ3n) is 5.13. The molecule has 0 saturated carbocycles. The van der Waals surface area contributed by atoms with Gasteiger partial charge in [-0.05, 0) is 36.8 Å². The molecule has 1 aliphatic rings. The van der Waals surface area contributed by atoms with Gasteiger partial charge in [-0.2, -0.15) is 13.2 Å². The van der Waals surface area contributed by atoms with E-state index < -0.39 is 47.0 Å². The summed E-state index contributed by atoms with van der Waals surface area (Å²) in [7, 11) is 0. The van der Waals surface area contributed by atoms with Gasteiger partial charge in [0.05, 0.1) is 29.2 Å². The first-order chi connectivity index (χ1) is 16.9. The molecular weight excluding hydrogens is 536 g/mol. The van der Waals surface area contributed by atoms with Crippen LogP contribution in [0.1, 0.15) is 46.6 Å². The Morgan fingerprint density at radius 2 is 1.81 bits per heavy atom. The maximum Gasteiger partial charge on any atom is 0.573 e. The van der Waals surface area contributed by atoms with Crippen LogP contribution in [-0.4, -0.2) is 33.7 Å². The number of ether oxygens (including phenoxy) is 2. The molecule has 3 aromatic rings. The van der Waals surface area contributed by atoms with Gasteiger partial charge in [-0.15, -0.1) is 35.1 Å². The Balaban J connectivity index is 1.97. The Bertz CT molecular complexity index is 1280. The van der Waals surface area contributed by atoms with E-state index in [-0.39, 0.29) is 34.3 Å². The number of fused-ring (bicyclic) bond motifs is 3. The number of thioether (sulfide) groups is 1. The molecule has 0 aliphatic carbocycles. The van der Waals surface area contributed by atoms with Crippen LogP contribution in [0.4, 0.5) is 26.3 Å². The molecule has 2 heterocycles. The summed E-state index contributed by atoms with van der Waals surface area (Å²) in [6.45, 7) is 1.59. The van der Waals surface area contributed by atoms with Crippen molar-refractivity contribution in [2.75, 3.05) is 6.61 Å². The number of esters is 1. The SMILES string of the molecule is CCOC(=O)CC1SC(c2ccccc2OC(F)(F)F)c2cc(Cl)ccc2-n2c1nnc2C(F)(F)F. The van der Waals surface area contributed by atoms with Gasteiger partial charge < -0.3 is 9.47 Å². The normalized spacial score (nSPS) is 17.7. The average Bonchev–Trinajstić information content (AvgIpc) is 3.17. The number of carbonyl (C=O) groups is 1. The lowest BCUT2D eigenvalue weighted by atomic mass is 10.0. The fourth-order valence-corrected chi connectivity index (χ4v) is 5.52. The molecule has 192 valence electrons. The van der Waals surface area contributed by atoms with E-state index in [2.05, 4.69) is 14.9 Å². The van der Waals surface area contributed by atoms with E-state index in [0.717, 1.165) is 22.4 Å². The molecule has 0 N–H and O–H groups in total. The van der Waals surface area contributed by atoms with Crippen LogP contribution in [-0.2, 0) is 15.7 Å². The number of alkyl halides is 6. The van der Waals surface area contributed by atoms with Crippen LogP contribution >= 0.6 is 23.4 Å². The van der Waals surface area contributed by atoms with Crippen LogP contribution in [0.5, 0.6) is 5.75 Å². The smallest absolute Gasteiger partial charge is 0.466 e. The zero-order valence-corrected chi connectivity index (χ0v) is 19.8. The summed E-state index contributed by atoms with van der Waals surface area (Å²) in [5.74, 6) is -2.82. The first kappa shape index (κ1) is 26.1. The van der Waals surface area contributed by atoms with Crippen molar-refractivity contribution in [1.82, 2.24) is 14.8 Å². The van der Waals surface area contributed by atoms with Gasteiger partial charge in [0.2, 0.25) is 5.82 Å². The van der Waals surface area contributed by atoms with Gasteiger partial charge in [0.25, 0.3) is 0 Å². The highest BCUT2D eigenvalue weighted by Crippen LogP contribution is 2.53. The molecule has 6 nitrogen and oxygen atoms in total. The van der Waals surface area contributed by atoms with Crippen molar-refractivity contribution in [1.29, 1.82) is 0 Å². The Labute approximate surface area is 209 Å². The summed E-state index contributed by atoms with van der Waals surface area (Å²) in [6.07, 6.45) is -10.3. The van der Waals surface area contributed by atoms with E-state index in [1.54, 1.807) is 6.92 Å². The van der Waals surface area contributed by atoms with Crippen LogP contribution in [0.25, 0.3) is 5.69 Å². The van der Waals surface area contributed by atoms with Crippen molar-refractivity contribution in [3.8, 4) is 11.4 Å². The standard InChI is InChI=1S/C22H16ClF6N3O3S/c1-2-34-17(33)10-16-19-30-31-20(21(24,25)26)32(19)14-8-7-11(23)9-13(14)18(36-16)12-5-3-4-6-15(12)35-22(27,28)29/h3-9,16,18H,2,10H2,1H3.